The van der Waals surface area contributed by atoms with E-state index >= 15 is 0 Å². The third kappa shape index (κ3) is 1.84. The first-order valence-electron chi connectivity index (χ1n) is 4.49. The number of hydrogen-bond acceptors (Lipinski definition) is 3. The van der Waals surface area contributed by atoms with Gasteiger partial charge in [0.05, 0.1) is 16.1 Å². The maximum atomic E-state index is 13.6. The van der Waals surface area contributed by atoms with Crippen molar-refractivity contribution in [2.75, 3.05) is 0 Å². The van der Waals surface area contributed by atoms with Gasteiger partial charge < -0.3 is 0 Å². The van der Waals surface area contributed by atoms with Gasteiger partial charge in [-0.15, -0.1) is 4.48 Å². The summed E-state index contributed by atoms with van der Waals surface area (Å²) in [5, 5.41) is 0. The van der Waals surface area contributed by atoms with Crippen molar-refractivity contribution in [1.82, 2.24) is 9.51 Å². The number of rotatable bonds is 1. The highest BCUT2D eigenvalue weighted by atomic mass is 79.9. The Morgan fingerprint density at radius 1 is 1.47 bits per heavy atom. The summed E-state index contributed by atoms with van der Waals surface area (Å²) in [6.07, 6.45) is 1.71. The molecule has 0 spiro atoms. The van der Waals surface area contributed by atoms with Crippen LogP contribution in [0.3, 0.4) is 0 Å². The lowest BCUT2D eigenvalue weighted by molar-refractivity contribution is 0.0796. The molecule has 0 saturated heterocycles. The lowest BCUT2D eigenvalue weighted by Gasteiger charge is -2.21. The van der Waals surface area contributed by atoms with Gasteiger partial charge >= 0.3 is 0 Å². The molecule has 0 aromatic carbocycles. The first-order valence-corrected chi connectivity index (χ1v) is 6.06. The Bertz CT molecular complexity index is 405. The highest BCUT2D eigenvalue weighted by Crippen LogP contribution is 2.51. The van der Waals surface area contributed by atoms with Crippen LogP contribution in [0.4, 0.5) is 4.48 Å². The van der Waals surface area contributed by atoms with Gasteiger partial charge in [0, 0.05) is 10.7 Å². The van der Waals surface area contributed by atoms with Gasteiger partial charge in [-0.25, -0.2) is 0 Å². The normalized spacial score (nSPS) is 21.1. The minimum absolute atomic E-state index is 0.627. The Kier molecular flexibility index (Phi) is 2.87. The number of nitrogens with zero attached hydrogens (tertiary/aromatic N) is 2. The summed E-state index contributed by atoms with van der Waals surface area (Å²) in [4.78, 5) is 5.05. The summed E-state index contributed by atoms with van der Waals surface area (Å²) in [6, 6.07) is 5.61. The van der Waals surface area contributed by atoms with Crippen LogP contribution in [0.1, 0.15) is 19.5 Å². The summed E-state index contributed by atoms with van der Waals surface area (Å²) in [5.74, 6) is 0. The van der Waals surface area contributed by atoms with E-state index in [0.29, 0.717) is 0 Å². The molecule has 0 bridgehead atoms. The van der Waals surface area contributed by atoms with Gasteiger partial charge in [-0.2, -0.15) is 0 Å². The molecule has 0 atom stereocenters. The Hall–Kier alpha value is -0.390. The summed E-state index contributed by atoms with van der Waals surface area (Å²) in [7, 11) is 0. The van der Waals surface area contributed by atoms with E-state index in [9.17, 15) is 4.48 Å². The second-order valence-corrected chi connectivity index (χ2v) is 5.46. The molecule has 2 rings (SSSR count). The molecule has 1 aromatic heterocycles. The van der Waals surface area contributed by atoms with Crippen molar-refractivity contribution < 1.29 is 4.48 Å². The van der Waals surface area contributed by atoms with Crippen molar-refractivity contribution in [3.63, 3.8) is 0 Å². The fourth-order valence-electron chi connectivity index (χ4n) is 1.25. The molecule has 0 amide bonds. The molecule has 1 aromatic rings. The smallest absolute Gasteiger partial charge is 0.0901 e. The topological polar surface area (TPSA) is 16.1 Å². The van der Waals surface area contributed by atoms with Crippen molar-refractivity contribution in [2.45, 2.75) is 19.4 Å². The number of aromatic nitrogens is 1. The molecular formula is C10H10BrFN2S. The summed E-state index contributed by atoms with van der Waals surface area (Å²) >= 11 is 4.51. The second kappa shape index (κ2) is 3.88. The molecule has 0 aliphatic carbocycles. The van der Waals surface area contributed by atoms with Crippen LogP contribution in [-0.4, -0.2) is 15.1 Å². The molecule has 0 radical (unpaired) electrons. The molecule has 0 unspecified atom stereocenters. The molecule has 1 aliphatic heterocycles. The summed E-state index contributed by atoms with van der Waals surface area (Å²) in [6.45, 7) is 3.64. The quantitative estimate of drug-likeness (QED) is 0.578. The first-order chi connectivity index (χ1) is 7.03. The number of halogens is 2. The maximum absolute atomic E-state index is 13.6. The molecular weight excluding hydrogens is 279 g/mol. The highest BCUT2D eigenvalue weighted by molar-refractivity contribution is 9.12. The van der Waals surface area contributed by atoms with E-state index in [-0.39, 0.29) is 0 Å². The van der Waals surface area contributed by atoms with Crippen molar-refractivity contribution in [3.8, 4) is 0 Å². The zero-order valence-electron chi connectivity index (χ0n) is 8.37. The van der Waals surface area contributed by atoms with Crippen LogP contribution in [-0.2, 0) is 0 Å². The summed E-state index contributed by atoms with van der Waals surface area (Å²) in [5.41, 5.74) is 0.167. The highest BCUT2D eigenvalue weighted by Gasteiger charge is 2.41. The molecule has 80 valence electrons. The van der Waals surface area contributed by atoms with Crippen molar-refractivity contribution in [3.05, 3.63) is 34.6 Å². The largest absolute Gasteiger partial charge is 0.256 e. The lowest BCUT2D eigenvalue weighted by atomic mass is 10.1. The Balaban J connectivity index is 2.44. The van der Waals surface area contributed by atoms with E-state index in [4.69, 9.17) is 0 Å². The standard InChI is InChI=1S/C10H10BrFN2S/c1-10(2)9(11)8(15-14(10)12)7-5-3-4-6-13-7/h3-6H,1-2H3. The molecule has 0 fully saturated rings. The third-order valence-corrected chi connectivity index (χ3v) is 5.09. The average Bonchev–Trinajstić information content (AvgIpc) is 2.44. The van der Waals surface area contributed by atoms with Crippen LogP contribution in [0.15, 0.2) is 28.9 Å². The van der Waals surface area contributed by atoms with E-state index in [0.717, 1.165) is 31.6 Å². The second-order valence-electron chi connectivity index (χ2n) is 3.75. The monoisotopic (exact) mass is 288 g/mol. The SMILES string of the molecule is CC1(C)C(Br)=C(c2ccccn2)SN1F. The first kappa shape index (κ1) is 11.1. The summed E-state index contributed by atoms with van der Waals surface area (Å²) < 4.78 is 15.2. The molecule has 2 heterocycles. The van der Waals surface area contributed by atoms with Crippen LogP contribution in [0.25, 0.3) is 4.91 Å². The van der Waals surface area contributed by atoms with Gasteiger partial charge in [0.25, 0.3) is 0 Å². The van der Waals surface area contributed by atoms with E-state index in [1.807, 2.05) is 32.0 Å². The predicted octanol–water partition coefficient (Wildman–Crippen LogP) is 3.77. The van der Waals surface area contributed by atoms with Gasteiger partial charge in [-0.3, -0.25) is 4.98 Å². The van der Waals surface area contributed by atoms with E-state index in [2.05, 4.69) is 20.9 Å². The van der Waals surface area contributed by atoms with E-state index in [1.54, 1.807) is 6.20 Å². The van der Waals surface area contributed by atoms with Crippen molar-refractivity contribution in [1.29, 1.82) is 0 Å². The fraction of sp³-hybridized carbons (Fsp3) is 0.300. The lowest BCUT2D eigenvalue weighted by Crippen LogP contribution is -2.29. The molecule has 0 saturated carbocycles. The van der Waals surface area contributed by atoms with Crippen LogP contribution < -0.4 is 0 Å². The number of pyridine rings is 1. The minimum atomic E-state index is -0.627. The fourth-order valence-corrected chi connectivity index (χ4v) is 2.96. The van der Waals surface area contributed by atoms with Crippen molar-refractivity contribution >= 4 is 32.8 Å². The van der Waals surface area contributed by atoms with Crippen LogP contribution in [0, 0.1) is 0 Å². The Morgan fingerprint density at radius 3 is 2.67 bits per heavy atom. The zero-order valence-corrected chi connectivity index (χ0v) is 10.8. The maximum Gasteiger partial charge on any atom is 0.0901 e. The van der Waals surface area contributed by atoms with Gasteiger partial charge in [-0.1, -0.05) is 26.5 Å². The molecule has 2 nitrogen and oxygen atoms in total. The van der Waals surface area contributed by atoms with Gasteiger partial charge in [0.2, 0.25) is 0 Å². The van der Waals surface area contributed by atoms with Gasteiger partial charge in [-0.05, 0) is 37.9 Å². The van der Waals surface area contributed by atoms with Crippen LogP contribution in [0.5, 0.6) is 0 Å². The molecule has 5 heteroatoms. The van der Waals surface area contributed by atoms with Crippen molar-refractivity contribution in [2.24, 2.45) is 0 Å². The minimum Gasteiger partial charge on any atom is -0.256 e. The van der Waals surface area contributed by atoms with Crippen LogP contribution >= 0.6 is 27.9 Å². The van der Waals surface area contributed by atoms with E-state index in [1.165, 1.54) is 0 Å². The predicted molar refractivity (Wildman–Crippen MR) is 64.7 cm³/mol. The third-order valence-electron chi connectivity index (χ3n) is 2.24. The van der Waals surface area contributed by atoms with Crippen LogP contribution in [0.2, 0.25) is 0 Å². The van der Waals surface area contributed by atoms with E-state index < -0.39 is 5.54 Å². The molecule has 1 aliphatic rings. The van der Waals surface area contributed by atoms with Gasteiger partial charge in [0.1, 0.15) is 0 Å². The zero-order chi connectivity index (χ0) is 11.1. The molecule has 15 heavy (non-hydrogen) atoms. The average molecular weight is 289 g/mol. The molecule has 0 N–H and O–H groups in total. The van der Waals surface area contributed by atoms with Gasteiger partial charge in [0.15, 0.2) is 0 Å². The Labute approximate surface area is 101 Å². The number of hydrogen-bond donors (Lipinski definition) is 0. The Morgan fingerprint density at radius 2 is 2.20 bits per heavy atom.